The van der Waals surface area contributed by atoms with Crippen molar-refractivity contribution in [1.29, 1.82) is 0 Å². The quantitative estimate of drug-likeness (QED) is 0.282. The fraction of sp³-hybridized carbons (Fsp3) is 0. The molecule has 7 aromatic rings. The molecule has 0 spiro atoms. The Morgan fingerprint density at radius 3 is 2.49 bits per heavy atom. The number of nitrogens with zero attached hydrogens (tertiary/aromatic N) is 4. The van der Waals surface area contributed by atoms with E-state index in [9.17, 15) is 0 Å². The van der Waals surface area contributed by atoms with Gasteiger partial charge in [-0.1, -0.05) is 48.5 Å². The van der Waals surface area contributed by atoms with Gasteiger partial charge in [0.1, 0.15) is 11.6 Å². The average Bonchev–Trinajstić information content (AvgIpc) is 3.48. The van der Waals surface area contributed by atoms with Gasteiger partial charge in [-0.2, -0.15) is 0 Å². The molecule has 4 aromatic heterocycles. The number of fused-ring (bicyclic) bond motifs is 4. The highest BCUT2D eigenvalue weighted by Gasteiger charge is 2.15. The zero-order valence-electron chi connectivity index (χ0n) is 18.7. The molecule has 166 valence electrons. The van der Waals surface area contributed by atoms with Crippen LogP contribution in [0.1, 0.15) is 0 Å². The Balaban J connectivity index is 1.44. The van der Waals surface area contributed by atoms with Gasteiger partial charge in [-0.25, -0.2) is 9.97 Å². The van der Waals surface area contributed by atoms with Crippen LogP contribution >= 0.6 is 0 Å². The van der Waals surface area contributed by atoms with Crippen LogP contribution in [0.5, 0.6) is 11.6 Å². The van der Waals surface area contributed by atoms with Gasteiger partial charge in [-0.3, -0.25) is 4.40 Å². The molecule has 5 nitrogen and oxygen atoms in total. The van der Waals surface area contributed by atoms with E-state index in [0.717, 1.165) is 39.4 Å². The molecule has 0 bridgehead atoms. The summed E-state index contributed by atoms with van der Waals surface area (Å²) in [4.78, 5) is 9.01. The number of para-hydroxylation sites is 1. The summed E-state index contributed by atoms with van der Waals surface area (Å²) >= 11 is 0. The number of imidazole rings is 1. The maximum absolute atomic E-state index is 6.03. The lowest BCUT2D eigenvalue weighted by Gasteiger charge is -2.11. The summed E-state index contributed by atoms with van der Waals surface area (Å²) in [5.74, 6) is 2.23. The molecule has 0 N–H and O–H groups in total. The molecular weight excluding hydrogens is 432 g/mol. The first-order chi connectivity index (χ1) is 17.3. The van der Waals surface area contributed by atoms with Gasteiger partial charge in [-0.05, 0) is 42.5 Å². The monoisotopic (exact) mass is 452 g/mol. The predicted octanol–water partition coefficient (Wildman–Crippen LogP) is 7.29. The summed E-state index contributed by atoms with van der Waals surface area (Å²) in [5, 5.41) is 2.40. The number of hydrogen-bond acceptors (Lipinski definition) is 3. The fourth-order valence-corrected chi connectivity index (χ4v) is 4.76. The Kier molecular flexibility index (Phi) is 4.39. The van der Waals surface area contributed by atoms with Crippen LogP contribution < -0.4 is 4.74 Å². The van der Waals surface area contributed by atoms with Crippen molar-refractivity contribution in [3.8, 4) is 28.7 Å². The molecule has 0 radical (unpaired) electrons. The number of benzene rings is 3. The molecule has 0 unspecified atom stereocenters. The van der Waals surface area contributed by atoms with Gasteiger partial charge in [-0.15, -0.1) is 0 Å². The van der Waals surface area contributed by atoms with E-state index in [1.54, 1.807) is 6.20 Å². The second kappa shape index (κ2) is 7.85. The van der Waals surface area contributed by atoms with Crippen molar-refractivity contribution in [3.63, 3.8) is 0 Å². The second-order valence-electron chi connectivity index (χ2n) is 8.43. The van der Waals surface area contributed by atoms with Crippen LogP contribution in [0.15, 0.2) is 122 Å². The van der Waals surface area contributed by atoms with Crippen molar-refractivity contribution < 1.29 is 4.74 Å². The zero-order chi connectivity index (χ0) is 23.2. The fourth-order valence-electron chi connectivity index (χ4n) is 4.76. The van der Waals surface area contributed by atoms with Crippen LogP contribution in [0.2, 0.25) is 0 Å². The normalized spacial score (nSPS) is 11.4. The summed E-state index contributed by atoms with van der Waals surface area (Å²) in [7, 11) is 0. The van der Waals surface area contributed by atoms with Crippen molar-refractivity contribution in [2.75, 3.05) is 0 Å². The number of hydrogen-bond donors (Lipinski definition) is 0. The zero-order valence-corrected chi connectivity index (χ0v) is 18.7. The maximum Gasteiger partial charge on any atom is 0.219 e. The molecule has 4 heterocycles. The van der Waals surface area contributed by atoms with Crippen molar-refractivity contribution in [2.45, 2.75) is 0 Å². The Morgan fingerprint density at radius 2 is 1.54 bits per heavy atom. The van der Waals surface area contributed by atoms with E-state index in [1.807, 2.05) is 48.7 Å². The summed E-state index contributed by atoms with van der Waals surface area (Å²) < 4.78 is 10.4. The number of rotatable bonds is 4. The minimum absolute atomic E-state index is 0.570. The van der Waals surface area contributed by atoms with Gasteiger partial charge in [0, 0.05) is 46.5 Å². The first-order valence-electron chi connectivity index (χ1n) is 11.5. The van der Waals surface area contributed by atoms with Gasteiger partial charge >= 0.3 is 0 Å². The molecule has 3 aromatic carbocycles. The van der Waals surface area contributed by atoms with E-state index in [0.29, 0.717) is 5.88 Å². The predicted molar refractivity (Wildman–Crippen MR) is 139 cm³/mol. The first-order valence-corrected chi connectivity index (χ1v) is 11.5. The van der Waals surface area contributed by atoms with Crippen molar-refractivity contribution in [3.05, 3.63) is 122 Å². The Labute approximate surface area is 201 Å². The molecule has 0 atom stereocenters. The average molecular weight is 453 g/mol. The molecule has 0 aliphatic rings. The van der Waals surface area contributed by atoms with E-state index in [4.69, 9.17) is 9.72 Å². The molecule has 0 saturated carbocycles. The lowest BCUT2D eigenvalue weighted by atomic mass is 10.1. The van der Waals surface area contributed by atoms with Gasteiger partial charge in [0.15, 0.2) is 0 Å². The standard InChI is InChI=1S/C30H20N4O/c1-2-12-27-25(11-1)26-15-14-21(30-32-20-23-8-4-6-17-33(23)30)18-28(26)34(27)22-9-7-10-24(19-22)35-29-13-3-5-16-31-29/h1-20H. The lowest BCUT2D eigenvalue weighted by Crippen LogP contribution is -1.96. The van der Waals surface area contributed by atoms with Crippen molar-refractivity contribution >= 4 is 27.3 Å². The number of pyridine rings is 2. The lowest BCUT2D eigenvalue weighted by molar-refractivity contribution is 0.463. The van der Waals surface area contributed by atoms with E-state index < -0.39 is 0 Å². The summed E-state index contributed by atoms with van der Waals surface area (Å²) in [6, 6.07) is 35.0. The summed E-state index contributed by atoms with van der Waals surface area (Å²) in [5.41, 5.74) is 5.42. The van der Waals surface area contributed by atoms with Crippen LogP contribution in [0.4, 0.5) is 0 Å². The highest BCUT2D eigenvalue weighted by atomic mass is 16.5. The third-order valence-corrected chi connectivity index (χ3v) is 6.31. The maximum atomic E-state index is 6.03. The van der Waals surface area contributed by atoms with E-state index in [2.05, 4.69) is 80.8 Å². The second-order valence-corrected chi connectivity index (χ2v) is 8.43. The molecule has 0 aliphatic carbocycles. The topological polar surface area (TPSA) is 44.4 Å². The third kappa shape index (κ3) is 3.25. The number of ether oxygens (including phenoxy) is 1. The Bertz CT molecular complexity index is 1830. The van der Waals surface area contributed by atoms with Crippen molar-refractivity contribution in [2.24, 2.45) is 0 Å². The molecule has 5 heteroatoms. The van der Waals surface area contributed by atoms with E-state index in [1.165, 1.54) is 10.8 Å². The molecule has 0 saturated heterocycles. The van der Waals surface area contributed by atoms with Crippen LogP contribution in [-0.4, -0.2) is 18.9 Å². The van der Waals surface area contributed by atoms with Crippen molar-refractivity contribution in [1.82, 2.24) is 18.9 Å². The van der Waals surface area contributed by atoms with Gasteiger partial charge < -0.3 is 9.30 Å². The summed E-state index contributed by atoms with van der Waals surface area (Å²) in [6.45, 7) is 0. The molecule has 0 aliphatic heterocycles. The molecule has 0 fully saturated rings. The molecule has 35 heavy (non-hydrogen) atoms. The minimum Gasteiger partial charge on any atom is -0.439 e. The minimum atomic E-state index is 0.570. The number of aromatic nitrogens is 4. The molecule has 0 amide bonds. The Hall–Kier alpha value is -4.90. The smallest absolute Gasteiger partial charge is 0.219 e. The van der Waals surface area contributed by atoms with E-state index in [-0.39, 0.29) is 0 Å². The highest BCUT2D eigenvalue weighted by molar-refractivity contribution is 6.10. The van der Waals surface area contributed by atoms with Gasteiger partial charge in [0.2, 0.25) is 5.88 Å². The van der Waals surface area contributed by atoms with E-state index >= 15 is 0 Å². The Morgan fingerprint density at radius 1 is 0.657 bits per heavy atom. The van der Waals surface area contributed by atoms with Gasteiger partial charge in [0.25, 0.3) is 0 Å². The third-order valence-electron chi connectivity index (χ3n) is 6.31. The van der Waals surface area contributed by atoms with Crippen LogP contribution in [0, 0.1) is 0 Å². The highest BCUT2D eigenvalue weighted by Crippen LogP contribution is 2.35. The largest absolute Gasteiger partial charge is 0.439 e. The van der Waals surface area contributed by atoms with Crippen LogP contribution in [0.25, 0.3) is 44.4 Å². The van der Waals surface area contributed by atoms with Crippen LogP contribution in [0.3, 0.4) is 0 Å². The summed E-state index contributed by atoms with van der Waals surface area (Å²) in [6.07, 6.45) is 5.69. The molecular formula is C30H20N4O. The first kappa shape index (κ1) is 19.6. The van der Waals surface area contributed by atoms with Gasteiger partial charge in [0.05, 0.1) is 22.7 Å². The van der Waals surface area contributed by atoms with Crippen LogP contribution in [-0.2, 0) is 0 Å². The molecule has 7 rings (SSSR count). The SMILES string of the molecule is c1ccc(Oc2cccc(-n3c4ccccc4c4ccc(-c5ncc6ccccn56)cc43)c2)nc1.